The predicted molar refractivity (Wildman–Crippen MR) is 75.8 cm³/mol. The highest BCUT2D eigenvalue weighted by atomic mass is 16.4. The molecule has 2 heterocycles. The summed E-state index contributed by atoms with van der Waals surface area (Å²) in [7, 11) is 0. The number of carboxylic acids is 1. The average Bonchev–Trinajstić information content (AvgIpc) is 2.82. The first-order valence-corrected chi connectivity index (χ1v) is 6.64. The molecule has 0 spiro atoms. The van der Waals surface area contributed by atoms with Crippen molar-refractivity contribution in [3.8, 4) is 0 Å². The summed E-state index contributed by atoms with van der Waals surface area (Å²) in [5.41, 5.74) is 1.55. The highest BCUT2D eigenvalue weighted by Crippen LogP contribution is 2.14. The Morgan fingerprint density at radius 1 is 1.43 bits per heavy atom. The standard InChI is InChI=1S/C13H18N6O2/c1-8(2)13-15-9(3)4-11(16-13)14-5-10-6-19(18-17-10)7-12(20)21/h4,6,8H,5,7H2,1-3H3,(H,20,21)(H,14,15,16). The lowest BCUT2D eigenvalue weighted by Gasteiger charge is -2.09. The van der Waals surface area contributed by atoms with E-state index in [2.05, 4.69) is 25.6 Å². The molecule has 8 nitrogen and oxygen atoms in total. The van der Waals surface area contributed by atoms with Crippen LogP contribution >= 0.6 is 0 Å². The lowest BCUT2D eigenvalue weighted by atomic mass is 10.2. The third-order valence-corrected chi connectivity index (χ3v) is 2.72. The lowest BCUT2D eigenvalue weighted by Crippen LogP contribution is -2.09. The third-order valence-electron chi connectivity index (χ3n) is 2.72. The number of hydrogen-bond donors (Lipinski definition) is 2. The van der Waals surface area contributed by atoms with Crippen LogP contribution in [0, 0.1) is 6.92 Å². The first-order valence-electron chi connectivity index (χ1n) is 6.64. The number of nitrogens with one attached hydrogen (secondary N) is 1. The van der Waals surface area contributed by atoms with E-state index in [0.29, 0.717) is 12.2 Å². The predicted octanol–water partition coefficient (Wildman–Crippen LogP) is 1.20. The Morgan fingerprint density at radius 2 is 2.19 bits per heavy atom. The van der Waals surface area contributed by atoms with Gasteiger partial charge in [0.15, 0.2) is 0 Å². The van der Waals surface area contributed by atoms with Crippen molar-refractivity contribution in [2.45, 2.75) is 39.8 Å². The molecule has 0 unspecified atom stereocenters. The van der Waals surface area contributed by atoms with E-state index in [-0.39, 0.29) is 12.5 Å². The van der Waals surface area contributed by atoms with Crippen LogP contribution in [0.4, 0.5) is 5.82 Å². The number of carbonyl (C=O) groups is 1. The molecule has 21 heavy (non-hydrogen) atoms. The molecular weight excluding hydrogens is 272 g/mol. The van der Waals surface area contributed by atoms with Crippen LogP contribution in [0.3, 0.4) is 0 Å². The van der Waals surface area contributed by atoms with E-state index in [4.69, 9.17) is 5.11 Å². The second kappa shape index (κ2) is 6.29. The van der Waals surface area contributed by atoms with Gasteiger partial charge in [-0.2, -0.15) is 0 Å². The van der Waals surface area contributed by atoms with Crippen molar-refractivity contribution >= 4 is 11.8 Å². The second-order valence-corrected chi connectivity index (χ2v) is 5.06. The number of aliphatic carboxylic acids is 1. The van der Waals surface area contributed by atoms with Crippen molar-refractivity contribution in [3.05, 3.63) is 29.5 Å². The SMILES string of the molecule is Cc1cc(NCc2cn(CC(=O)O)nn2)nc(C(C)C)n1. The molecule has 0 saturated carbocycles. The Balaban J connectivity index is 2.02. The maximum absolute atomic E-state index is 10.6. The van der Waals surface area contributed by atoms with Crippen molar-refractivity contribution in [1.82, 2.24) is 25.0 Å². The van der Waals surface area contributed by atoms with Gasteiger partial charge in [-0.3, -0.25) is 4.79 Å². The summed E-state index contributed by atoms with van der Waals surface area (Å²) in [6.07, 6.45) is 1.60. The summed E-state index contributed by atoms with van der Waals surface area (Å²) >= 11 is 0. The molecule has 0 fully saturated rings. The Kier molecular flexibility index (Phi) is 4.46. The van der Waals surface area contributed by atoms with Gasteiger partial charge in [0.1, 0.15) is 23.9 Å². The summed E-state index contributed by atoms with van der Waals surface area (Å²) in [5, 5.41) is 19.5. The zero-order valence-electron chi connectivity index (χ0n) is 12.2. The van der Waals surface area contributed by atoms with E-state index in [0.717, 1.165) is 17.3 Å². The van der Waals surface area contributed by atoms with Gasteiger partial charge in [0.2, 0.25) is 0 Å². The summed E-state index contributed by atoms with van der Waals surface area (Å²) in [4.78, 5) is 19.4. The van der Waals surface area contributed by atoms with Crippen LogP contribution in [0.5, 0.6) is 0 Å². The molecule has 0 aliphatic heterocycles. The van der Waals surface area contributed by atoms with E-state index in [1.54, 1.807) is 6.20 Å². The van der Waals surface area contributed by atoms with Crippen LogP contribution < -0.4 is 5.32 Å². The molecule has 0 aliphatic rings. The normalized spacial score (nSPS) is 10.9. The van der Waals surface area contributed by atoms with E-state index in [9.17, 15) is 4.79 Å². The topological polar surface area (TPSA) is 106 Å². The molecule has 0 saturated heterocycles. The number of rotatable bonds is 6. The molecule has 0 bridgehead atoms. The highest BCUT2D eigenvalue weighted by Gasteiger charge is 2.08. The van der Waals surface area contributed by atoms with Crippen LogP contribution in [0.25, 0.3) is 0 Å². The van der Waals surface area contributed by atoms with E-state index < -0.39 is 5.97 Å². The van der Waals surface area contributed by atoms with Gasteiger partial charge in [0.05, 0.1) is 12.7 Å². The van der Waals surface area contributed by atoms with E-state index in [1.165, 1.54) is 4.68 Å². The zero-order valence-corrected chi connectivity index (χ0v) is 12.2. The van der Waals surface area contributed by atoms with Crippen molar-refractivity contribution in [3.63, 3.8) is 0 Å². The monoisotopic (exact) mass is 290 g/mol. The number of hydrogen-bond acceptors (Lipinski definition) is 6. The quantitative estimate of drug-likeness (QED) is 0.823. The Bertz CT molecular complexity index is 637. The maximum atomic E-state index is 10.6. The van der Waals surface area contributed by atoms with E-state index >= 15 is 0 Å². The lowest BCUT2D eigenvalue weighted by molar-refractivity contribution is -0.137. The van der Waals surface area contributed by atoms with Gasteiger partial charge >= 0.3 is 5.97 Å². The fourth-order valence-electron chi connectivity index (χ4n) is 1.76. The second-order valence-electron chi connectivity index (χ2n) is 5.06. The van der Waals surface area contributed by atoms with Gasteiger partial charge in [0, 0.05) is 17.7 Å². The molecule has 2 N–H and O–H groups in total. The van der Waals surface area contributed by atoms with E-state index in [1.807, 2.05) is 26.8 Å². The van der Waals surface area contributed by atoms with Gasteiger partial charge in [-0.1, -0.05) is 19.1 Å². The summed E-state index contributed by atoms with van der Waals surface area (Å²) in [5.74, 6) is 0.806. The van der Waals surface area contributed by atoms with Crippen LogP contribution in [0.1, 0.15) is 37.0 Å². The van der Waals surface area contributed by atoms with Gasteiger partial charge < -0.3 is 10.4 Å². The molecule has 0 radical (unpaired) electrons. The van der Waals surface area contributed by atoms with Crippen molar-refractivity contribution in [2.24, 2.45) is 0 Å². The minimum atomic E-state index is -0.951. The van der Waals surface area contributed by atoms with Crippen molar-refractivity contribution in [2.75, 3.05) is 5.32 Å². The number of nitrogens with zero attached hydrogens (tertiary/aromatic N) is 5. The zero-order chi connectivity index (χ0) is 15.4. The molecule has 0 aliphatic carbocycles. The minimum absolute atomic E-state index is 0.197. The molecule has 0 atom stereocenters. The number of anilines is 1. The smallest absolute Gasteiger partial charge is 0.325 e. The fourth-order valence-corrected chi connectivity index (χ4v) is 1.76. The molecule has 2 aromatic heterocycles. The maximum Gasteiger partial charge on any atom is 0.325 e. The van der Waals surface area contributed by atoms with Crippen LogP contribution in [0.15, 0.2) is 12.3 Å². The largest absolute Gasteiger partial charge is 0.480 e. The summed E-state index contributed by atoms with van der Waals surface area (Å²) < 4.78 is 1.28. The average molecular weight is 290 g/mol. The minimum Gasteiger partial charge on any atom is -0.480 e. The van der Waals surface area contributed by atoms with Crippen LogP contribution in [-0.4, -0.2) is 36.0 Å². The van der Waals surface area contributed by atoms with Crippen molar-refractivity contribution < 1.29 is 9.90 Å². The molecule has 0 aromatic carbocycles. The van der Waals surface area contributed by atoms with Gasteiger partial charge in [-0.05, 0) is 6.92 Å². The summed E-state index contributed by atoms with van der Waals surface area (Å²) in [6, 6.07) is 1.85. The Hall–Kier alpha value is -2.51. The summed E-state index contributed by atoms with van der Waals surface area (Å²) in [6.45, 7) is 6.22. The van der Waals surface area contributed by atoms with Crippen LogP contribution in [0.2, 0.25) is 0 Å². The molecule has 112 valence electrons. The first-order chi connectivity index (χ1) is 9.94. The molecule has 2 rings (SSSR count). The number of aryl methyl sites for hydroxylation is 1. The Morgan fingerprint density at radius 3 is 2.86 bits per heavy atom. The van der Waals surface area contributed by atoms with Crippen LogP contribution in [-0.2, 0) is 17.9 Å². The van der Waals surface area contributed by atoms with Gasteiger partial charge in [-0.25, -0.2) is 14.6 Å². The number of carboxylic acid groups (broad SMARTS) is 1. The van der Waals surface area contributed by atoms with Crippen molar-refractivity contribution in [1.29, 1.82) is 0 Å². The third kappa shape index (κ3) is 4.23. The van der Waals surface area contributed by atoms with Gasteiger partial charge in [0.25, 0.3) is 0 Å². The Labute approximate surface area is 122 Å². The van der Waals surface area contributed by atoms with Gasteiger partial charge in [-0.15, -0.1) is 5.10 Å². The molecule has 8 heteroatoms. The molecule has 0 amide bonds. The fraction of sp³-hybridized carbons (Fsp3) is 0.462. The first kappa shape index (κ1) is 14.9. The highest BCUT2D eigenvalue weighted by molar-refractivity contribution is 5.66. The number of aromatic nitrogens is 5. The molecular formula is C13H18N6O2. The molecule has 2 aromatic rings.